The van der Waals surface area contributed by atoms with Crippen LogP contribution in [0.3, 0.4) is 0 Å². The molecule has 0 amide bonds. The Hall–Kier alpha value is -2.89. The van der Waals surface area contributed by atoms with E-state index in [1.54, 1.807) is 19.2 Å². The van der Waals surface area contributed by atoms with E-state index in [1.165, 1.54) is 0 Å². The van der Waals surface area contributed by atoms with Crippen molar-refractivity contribution in [3.05, 3.63) is 64.7 Å². The predicted octanol–water partition coefficient (Wildman–Crippen LogP) is 3.52. The maximum atomic E-state index is 14.3. The maximum absolute atomic E-state index is 14.3. The summed E-state index contributed by atoms with van der Waals surface area (Å²) in [4.78, 5) is 13.4. The molecule has 0 aliphatic heterocycles. The minimum Gasteiger partial charge on any atom is -0.256 e. The van der Waals surface area contributed by atoms with Crippen LogP contribution in [-0.2, 0) is 12.8 Å². The number of pyridine rings is 1. The van der Waals surface area contributed by atoms with Crippen LogP contribution in [0, 0.1) is 26.6 Å². The first kappa shape index (κ1) is 15.6. The predicted molar refractivity (Wildman–Crippen MR) is 94.1 cm³/mol. The van der Waals surface area contributed by atoms with Crippen LogP contribution >= 0.6 is 0 Å². The number of aromatic nitrogens is 5. The fraction of sp³-hybridized carbons (Fsp3) is 0.263. The van der Waals surface area contributed by atoms with Gasteiger partial charge in [0.15, 0.2) is 17.3 Å². The molecule has 126 valence electrons. The standard InChI is InChI=1S/C19H18FN5/c1-11-4-5-14-6-7-15(22-18(14)17(11)20)8-9-16-23-19-13(3)21-10-12(2)25(19)24-16/h4-7,10H,8-9H2,1-3H3. The van der Waals surface area contributed by atoms with Crippen molar-refractivity contribution in [2.45, 2.75) is 33.6 Å². The fourth-order valence-electron chi connectivity index (χ4n) is 2.92. The number of aryl methyl sites for hydroxylation is 5. The van der Waals surface area contributed by atoms with Gasteiger partial charge in [-0.1, -0.05) is 18.2 Å². The Labute approximate surface area is 144 Å². The van der Waals surface area contributed by atoms with Gasteiger partial charge in [-0.25, -0.2) is 18.9 Å². The molecule has 0 fully saturated rings. The lowest BCUT2D eigenvalue weighted by molar-refractivity contribution is 0.627. The number of benzene rings is 1. The third-order valence-corrected chi connectivity index (χ3v) is 4.41. The van der Waals surface area contributed by atoms with Crippen LogP contribution < -0.4 is 0 Å². The molecule has 0 radical (unpaired) electrons. The zero-order valence-electron chi connectivity index (χ0n) is 14.4. The van der Waals surface area contributed by atoms with Crippen LogP contribution in [0.4, 0.5) is 4.39 Å². The quantitative estimate of drug-likeness (QED) is 0.575. The first-order valence-corrected chi connectivity index (χ1v) is 8.25. The monoisotopic (exact) mass is 335 g/mol. The number of hydrogen-bond donors (Lipinski definition) is 0. The Kier molecular flexibility index (Phi) is 3.67. The number of hydrogen-bond acceptors (Lipinski definition) is 4. The highest BCUT2D eigenvalue weighted by Crippen LogP contribution is 2.20. The van der Waals surface area contributed by atoms with E-state index in [1.807, 2.05) is 36.6 Å². The summed E-state index contributed by atoms with van der Waals surface area (Å²) < 4.78 is 16.1. The largest absolute Gasteiger partial charge is 0.256 e. The average Bonchev–Trinajstić information content (AvgIpc) is 3.05. The van der Waals surface area contributed by atoms with Crippen LogP contribution in [0.25, 0.3) is 16.6 Å². The smallest absolute Gasteiger partial charge is 0.177 e. The summed E-state index contributed by atoms with van der Waals surface area (Å²) in [5.41, 5.74) is 4.45. The number of fused-ring (bicyclic) bond motifs is 2. The summed E-state index contributed by atoms with van der Waals surface area (Å²) in [6.45, 7) is 5.62. The molecule has 0 N–H and O–H groups in total. The van der Waals surface area contributed by atoms with Crippen LogP contribution in [0.5, 0.6) is 0 Å². The van der Waals surface area contributed by atoms with E-state index in [2.05, 4.69) is 20.1 Å². The Morgan fingerprint density at radius 2 is 1.80 bits per heavy atom. The van der Waals surface area contributed by atoms with Gasteiger partial charge in [0.2, 0.25) is 0 Å². The van der Waals surface area contributed by atoms with Gasteiger partial charge >= 0.3 is 0 Å². The van der Waals surface area contributed by atoms with Gasteiger partial charge in [0, 0.05) is 23.7 Å². The lowest BCUT2D eigenvalue weighted by Gasteiger charge is -2.04. The third kappa shape index (κ3) is 2.73. The second kappa shape index (κ2) is 5.88. The van der Waals surface area contributed by atoms with Crippen molar-refractivity contribution >= 4 is 16.6 Å². The molecule has 0 unspecified atom stereocenters. The molecule has 0 spiro atoms. The first-order chi connectivity index (χ1) is 12.0. The Morgan fingerprint density at radius 3 is 2.60 bits per heavy atom. The van der Waals surface area contributed by atoms with Crippen molar-refractivity contribution in [1.82, 2.24) is 24.6 Å². The summed E-state index contributed by atoms with van der Waals surface area (Å²) in [5, 5.41) is 5.36. The topological polar surface area (TPSA) is 56.0 Å². The fourth-order valence-corrected chi connectivity index (χ4v) is 2.92. The third-order valence-electron chi connectivity index (χ3n) is 4.41. The van der Waals surface area contributed by atoms with Gasteiger partial charge in [0.1, 0.15) is 5.52 Å². The van der Waals surface area contributed by atoms with E-state index in [9.17, 15) is 4.39 Å². The second-order valence-electron chi connectivity index (χ2n) is 6.32. The molecule has 3 heterocycles. The summed E-state index contributed by atoms with van der Waals surface area (Å²) in [6.07, 6.45) is 3.09. The maximum Gasteiger partial charge on any atom is 0.177 e. The summed E-state index contributed by atoms with van der Waals surface area (Å²) in [6, 6.07) is 7.52. The van der Waals surface area contributed by atoms with Gasteiger partial charge in [-0.05, 0) is 38.8 Å². The lowest BCUT2D eigenvalue weighted by atomic mass is 10.1. The minimum absolute atomic E-state index is 0.248. The number of rotatable bonds is 3. The molecule has 3 aromatic heterocycles. The normalized spacial score (nSPS) is 11.5. The highest BCUT2D eigenvalue weighted by Gasteiger charge is 2.11. The molecule has 0 saturated heterocycles. The molecule has 5 nitrogen and oxygen atoms in total. The first-order valence-electron chi connectivity index (χ1n) is 8.25. The number of nitrogens with zero attached hydrogens (tertiary/aromatic N) is 5. The van der Waals surface area contributed by atoms with Gasteiger partial charge in [0.05, 0.1) is 11.4 Å². The van der Waals surface area contributed by atoms with Crippen molar-refractivity contribution in [2.75, 3.05) is 0 Å². The molecule has 25 heavy (non-hydrogen) atoms. The van der Waals surface area contributed by atoms with Crippen molar-refractivity contribution in [2.24, 2.45) is 0 Å². The van der Waals surface area contributed by atoms with Gasteiger partial charge in [-0.15, -0.1) is 0 Å². The van der Waals surface area contributed by atoms with E-state index in [4.69, 9.17) is 0 Å². The zero-order valence-corrected chi connectivity index (χ0v) is 14.4. The molecule has 4 aromatic rings. The van der Waals surface area contributed by atoms with Crippen LogP contribution in [-0.4, -0.2) is 24.6 Å². The summed E-state index contributed by atoms with van der Waals surface area (Å²) >= 11 is 0. The van der Waals surface area contributed by atoms with E-state index in [0.29, 0.717) is 23.9 Å². The summed E-state index contributed by atoms with van der Waals surface area (Å²) in [5.74, 6) is 0.494. The van der Waals surface area contributed by atoms with Crippen LogP contribution in [0.15, 0.2) is 30.5 Å². The molecule has 1 aromatic carbocycles. The molecule has 0 aliphatic rings. The van der Waals surface area contributed by atoms with E-state index >= 15 is 0 Å². The Bertz CT molecular complexity index is 1060. The molecular formula is C19H18FN5. The molecule has 6 heteroatoms. The SMILES string of the molecule is Cc1ccc2ccc(CCc3nc4c(C)ncc(C)n4n3)nc2c1F. The van der Waals surface area contributed by atoms with E-state index < -0.39 is 0 Å². The molecule has 0 bridgehead atoms. The van der Waals surface area contributed by atoms with E-state index in [0.717, 1.165) is 33.9 Å². The van der Waals surface area contributed by atoms with Gasteiger partial charge < -0.3 is 0 Å². The van der Waals surface area contributed by atoms with Crippen LogP contribution in [0.2, 0.25) is 0 Å². The molecule has 4 rings (SSSR count). The second-order valence-corrected chi connectivity index (χ2v) is 6.32. The van der Waals surface area contributed by atoms with Crippen molar-refractivity contribution in [3.8, 4) is 0 Å². The zero-order chi connectivity index (χ0) is 17.6. The molecular weight excluding hydrogens is 317 g/mol. The highest BCUT2D eigenvalue weighted by atomic mass is 19.1. The number of halogens is 1. The van der Waals surface area contributed by atoms with Gasteiger partial charge in [-0.2, -0.15) is 5.10 Å². The summed E-state index contributed by atoms with van der Waals surface area (Å²) in [7, 11) is 0. The van der Waals surface area contributed by atoms with Gasteiger partial charge in [0.25, 0.3) is 0 Å². The molecule has 0 aliphatic carbocycles. The highest BCUT2D eigenvalue weighted by molar-refractivity contribution is 5.80. The Morgan fingerprint density at radius 1 is 1.00 bits per heavy atom. The molecule has 0 atom stereocenters. The lowest BCUT2D eigenvalue weighted by Crippen LogP contribution is -1.99. The average molecular weight is 335 g/mol. The van der Waals surface area contributed by atoms with Crippen molar-refractivity contribution < 1.29 is 4.39 Å². The molecule has 0 saturated carbocycles. The Balaban J connectivity index is 1.63. The van der Waals surface area contributed by atoms with E-state index in [-0.39, 0.29) is 5.82 Å². The van der Waals surface area contributed by atoms with Crippen molar-refractivity contribution in [3.63, 3.8) is 0 Å². The minimum atomic E-state index is -0.248. The van der Waals surface area contributed by atoms with Gasteiger partial charge in [-0.3, -0.25) is 4.98 Å². The van der Waals surface area contributed by atoms with Crippen molar-refractivity contribution in [1.29, 1.82) is 0 Å². The van der Waals surface area contributed by atoms with Crippen LogP contribution in [0.1, 0.15) is 28.5 Å².